The highest BCUT2D eigenvalue weighted by Crippen LogP contribution is 2.29. The third-order valence-corrected chi connectivity index (χ3v) is 5.55. The van der Waals surface area contributed by atoms with Gasteiger partial charge in [0.25, 0.3) is 5.91 Å². The molecule has 0 atom stereocenters. The quantitative estimate of drug-likeness (QED) is 0.643. The number of anilines is 1. The Bertz CT molecular complexity index is 1050. The summed E-state index contributed by atoms with van der Waals surface area (Å²) in [6.07, 6.45) is 0.318. The number of hydrogen-bond acceptors (Lipinski definition) is 6. The van der Waals surface area contributed by atoms with Crippen LogP contribution in [-0.2, 0) is 17.7 Å². The summed E-state index contributed by atoms with van der Waals surface area (Å²) >= 11 is 1.38. The second-order valence-electron chi connectivity index (χ2n) is 6.66. The highest BCUT2D eigenvalue weighted by molar-refractivity contribution is 7.15. The van der Waals surface area contributed by atoms with Crippen LogP contribution >= 0.6 is 11.3 Å². The van der Waals surface area contributed by atoms with Gasteiger partial charge in [0.2, 0.25) is 0 Å². The summed E-state index contributed by atoms with van der Waals surface area (Å²) < 4.78 is 10.9. The lowest BCUT2D eigenvalue weighted by atomic mass is 10.2. The standard InChI is InChI=1S/C22H21N3O4S/c1-2-28-22(27)25-12-11-18-19(14-25)30-21(23-18)24-20(26)15-7-6-10-17(13-15)29-16-8-4-3-5-9-16/h3-10,13H,2,11-12,14H2,1H3,(H,23,24,26). The van der Waals surface area contributed by atoms with Crippen molar-refractivity contribution in [2.24, 2.45) is 0 Å². The third kappa shape index (κ3) is 4.60. The van der Waals surface area contributed by atoms with Crippen LogP contribution in [-0.4, -0.2) is 35.0 Å². The van der Waals surface area contributed by atoms with Crippen molar-refractivity contribution in [2.45, 2.75) is 19.9 Å². The number of nitrogens with zero attached hydrogens (tertiary/aromatic N) is 2. The molecule has 0 spiro atoms. The number of rotatable bonds is 5. The Balaban J connectivity index is 1.43. The predicted molar refractivity (Wildman–Crippen MR) is 114 cm³/mol. The minimum absolute atomic E-state index is 0.262. The normalized spacial score (nSPS) is 12.8. The van der Waals surface area contributed by atoms with Crippen LogP contribution < -0.4 is 10.1 Å². The molecule has 0 saturated heterocycles. The summed E-state index contributed by atoms with van der Waals surface area (Å²) in [5, 5.41) is 3.37. The first-order chi connectivity index (χ1) is 14.6. The Morgan fingerprint density at radius 2 is 1.93 bits per heavy atom. The second kappa shape index (κ2) is 8.96. The first-order valence-electron chi connectivity index (χ1n) is 9.67. The Labute approximate surface area is 178 Å². The van der Waals surface area contributed by atoms with E-state index in [0.717, 1.165) is 10.6 Å². The summed E-state index contributed by atoms with van der Waals surface area (Å²) in [4.78, 5) is 31.8. The number of nitrogens with one attached hydrogen (secondary N) is 1. The van der Waals surface area contributed by atoms with Gasteiger partial charge in [-0.3, -0.25) is 10.1 Å². The summed E-state index contributed by atoms with van der Waals surface area (Å²) in [6, 6.07) is 16.4. The number of hydrogen-bond donors (Lipinski definition) is 1. The molecule has 0 unspecified atom stereocenters. The molecule has 0 fully saturated rings. The van der Waals surface area contributed by atoms with Gasteiger partial charge in [0.15, 0.2) is 5.13 Å². The van der Waals surface area contributed by atoms with E-state index in [0.29, 0.717) is 48.3 Å². The fourth-order valence-electron chi connectivity index (χ4n) is 3.11. The van der Waals surface area contributed by atoms with E-state index < -0.39 is 0 Å². The second-order valence-corrected chi connectivity index (χ2v) is 7.74. The van der Waals surface area contributed by atoms with Crippen LogP contribution in [0.5, 0.6) is 11.5 Å². The number of aromatic nitrogens is 1. The van der Waals surface area contributed by atoms with E-state index >= 15 is 0 Å². The third-order valence-electron chi connectivity index (χ3n) is 4.55. The van der Waals surface area contributed by atoms with E-state index in [-0.39, 0.29) is 12.0 Å². The van der Waals surface area contributed by atoms with E-state index in [1.807, 2.05) is 30.3 Å². The predicted octanol–water partition coefficient (Wildman–Crippen LogP) is 4.70. The molecule has 30 heavy (non-hydrogen) atoms. The minimum Gasteiger partial charge on any atom is -0.457 e. The van der Waals surface area contributed by atoms with Crippen molar-refractivity contribution < 1.29 is 19.1 Å². The van der Waals surface area contributed by atoms with E-state index in [1.165, 1.54) is 11.3 Å². The first kappa shape index (κ1) is 19.9. The maximum absolute atomic E-state index is 12.7. The maximum Gasteiger partial charge on any atom is 0.410 e. The van der Waals surface area contributed by atoms with Gasteiger partial charge >= 0.3 is 6.09 Å². The van der Waals surface area contributed by atoms with Crippen LogP contribution in [0.1, 0.15) is 27.9 Å². The smallest absolute Gasteiger partial charge is 0.410 e. The average molecular weight is 423 g/mol. The van der Waals surface area contributed by atoms with Crippen molar-refractivity contribution in [2.75, 3.05) is 18.5 Å². The molecule has 2 aromatic carbocycles. The van der Waals surface area contributed by atoms with Crippen LogP contribution in [0.25, 0.3) is 0 Å². The van der Waals surface area contributed by atoms with Crippen molar-refractivity contribution in [3.63, 3.8) is 0 Å². The molecule has 3 aromatic rings. The molecule has 0 saturated carbocycles. The molecular weight excluding hydrogens is 402 g/mol. The van der Waals surface area contributed by atoms with E-state index in [9.17, 15) is 9.59 Å². The number of carbonyl (C=O) groups excluding carboxylic acids is 2. The van der Waals surface area contributed by atoms with Crippen LogP contribution in [0.3, 0.4) is 0 Å². The van der Waals surface area contributed by atoms with Gasteiger partial charge in [-0.1, -0.05) is 35.6 Å². The molecule has 2 amide bonds. The van der Waals surface area contributed by atoms with E-state index in [1.54, 1.807) is 36.1 Å². The SMILES string of the molecule is CCOC(=O)N1CCc2nc(NC(=O)c3cccc(Oc4ccccc4)c3)sc2C1. The molecule has 1 aliphatic rings. The number of fused-ring (bicyclic) bond motifs is 1. The monoisotopic (exact) mass is 423 g/mol. The van der Waals surface area contributed by atoms with Gasteiger partial charge in [-0.25, -0.2) is 9.78 Å². The fraction of sp³-hybridized carbons (Fsp3) is 0.227. The van der Waals surface area contributed by atoms with Gasteiger partial charge in [0.05, 0.1) is 18.8 Å². The summed E-state index contributed by atoms with van der Waals surface area (Å²) in [5.41, 5.74) is 1.39. The number of thiazole rings is 1. The molecule has 8 heteroatoms. The summed E-state index contributed by atoms with van der Waals surface area (Å²) in [5.74, 6) is 1.02. The lowest BCUT2D eigenvalue weighted by molar-refractivity contribution is 0.102. The van der Waals surface area contributed by atoms with Gasteiger partial charge in [-0.2, -0.15) is 0 Å². The van der Waals surface area contributed by atoms with Crippen molar-refractivity contribution in [3.05, 3.63) is 70.7 Å². The molecule has 7 nitrogen and oxygen atoms in total. The molecule has 0 aliphatic carbocycles. The van der Waals surface area contributed by atoms with E-state index in [4.69, 9.17) is 9.47 Å². The van der Waals surface area contributed by atoms with Gasteiger partial charge < -0.3 is 14.4 Å². The Morgan fingerprint density at radius 3 is 2.73 bits per heavy atom. The lowest BCUT2D eigenvalue weighted by Gasteiger charge is -2.24. The van der Waals surface area contributed by atoms with Gasteiger partial charge in [0, 0.05) is 23.4 Å². The number of carbonyl (C=O) groups is 2. The topological polar surface area (TPSA) is 80.8 Å². The maximum atomic E-state index is 12.7. The van der Waals surface area contributed by atoms with E-state index in [2.05, 4.69) is 10.3 Å². The van der Waals surface area contributed by atoms with Gasteiger partial charge in [-0.05, 0) is 37.3 Å². The average Bonchev–Trinajstić information content (AvgIpc) is 3.16. The highest BCUT2D eigenvalue weighted by Gasteiger charge is 2.25. The molecule has 1 aromatic heterocycles. The zero-order valence-electron chi connectivity index (χ0n) is 16.5. The van der Waals surface area contributed by atoms with Crippen molar-refractivity contribution >= 4 is 28.5 Å². The molecule has 1 N–H and O–H groups in total. The molecule has 0 radical (unpaired) electrons. The van der Waals surface area contributed by atoms with Gasteiger partial charge in [0.1, 0.15) is 11.5 Å². The largest absolute Gasteiger partial charge is 0.457 e. The van der Waals surface area contributed by atoms with Crippen molar-refractivity contribution in [1.82, 2.24) is 9.88 Å². The zero-order valence-corrected chi connectivity index (χ0v) is 17.3. The zero-order chi connectivity index (χ0) is 20.9. The van der Waals surface area contributed by atoms with Crippen LogP contribution in [0.4, 0.5) is 9.93 Å². The highest BCUT2D eigenvalue weighted by atomic mass is 32.1. The van der Waals surface area contributed by atoms with Crippen molar-refractivity contribution in [1.29, 1.82) is 0 Å². The van der Waals surface area contributed by atoms with Gasteiger partial charge in [-0.15, -0.1) is 0 Å². The minimum atomic E-state index is -0.322. The summed E-state index contributed by atoms with van der Waals surface area (Å²) in [6.45, 7) is 3.14. The fourth-order valence-corrected chi connectivity index (χ4v) is 4.13. The molecular formula is C22H21N3O4S. The number of benzene rings is 2. The number of para-hydroxylation sites is 1. The number of ether oxygens (including phenoxy) is 2. The molecule has 4 rings (SSSR count). The van der Waals surface area contributed by atoms with Crippen LogP contribution in [0.2, 0.25) is 0 Å². The molecule has 154 valence electrons. The Kier molecular flexibility index (Phi) is 5.94. The molecule has 2 heterocycles. The van der Waals surface area contributed by atoms with Crippen molar-refractivity contribution in [3.8, 4) is 11.5 Å². The summed E-state index contributed by atoms with van der Waals surface area (Å²) in [7, 11) is 0. The molecule has 1 aliphatic heterocycles. The van der Waals surface area contributed by atoms with Crippen LogP contribution in [0.15, 0.2) is 54.6 Å². The lowest BCUT2D eigenvalue weighted by Crippen LogP contribution is -2.35. The first-order valence-corrected chi connectivity index (χ1v) is 10.5. The Hall–Kier alpha value is -3.39. The Morgan fingerprint density at radius 1 is 1.13 bits per heavy atom. The molecule has 0 bridgehead atoms. The van der Waals surface area contributed by atoms with Crippen LogP contribution in [0, 0.1) is 0 Å². The number of amides is 2.